The normalized spacial score (nSPS) is 15.1. The summed E-state index contributed by atoms with van der Waals surface area (Å²) in [6, 6.07) is 10.6. The first-order chi connectivity index (χ1) is 9.31. The van der Waals surface area contributed by atoms with E-state index in [-0.39, 0.29) is 6.04 Å². The van der Waals surface area contributed by atoms with E-state index >= 15 is 0 Å². The number of benzene rings is 1. The van der Waals surface area contributed by atoms with Gasteiger partial charge in [0.2, 0.25) is 0 Å². The molecule has 1 aliphatic heterocycles. The molecule has 0 saturated carbocycles. The molecule has 19 heavy (non-hydrogen) atoms. The van der Waals surface area contributed by atoms with Crippen LogP contribution in [-0.2, 0) is 12.8 Å². The minimum Gasteiger partial charge on any atom is -0.493 e. The summed E-state index contributed by atoms with van der Waals surface area (Å²) < 4.78 is 11.4. The fraction of sp³-hybridized carbons (Fsp3) is 0.375. The molecule has 1 aromatic heterocycles. The van der Waals surface area contributed by atoms with Gasteiger partial charge in [0.15, 0.2) is 0 Å². The SMILES string of the molecule is CCc1ccc(C(NC)c2ccc3c(c2)CCO3)o1. The fourth-order valence-corrected chi connectivity index (χ4v) is 2.60. The van der Waals surface area contributed by atoms with Gasteiger partial charge >= 0.3 is 0 Å². The Labute approximate surface area is 113 Å². The van der Waals surface area contributed by atoms with Crippen molar-refractivity contribution in [2.24, 2.45) is 0 Å². The summed E-state index contributed by atoms with van der Waals surface area (Å²) in [5, 5.41) is 3.33. The molecule has 1 N–H and O–H groups in total. The molecule has 3 rings (SSSR count). The summed E-state index contributed by atoms with van der Waals surface area (Å²) in [4.78, 5) is 0. The molecule has 0 bridgehead atoms. The first kappa shape index (κ1) is 12.3. The lowest BCUT2D eigenvalue weighted by atomic mass is 10.0. The molecule has 0 amide bonds. The molecule has 2 aromatic rings. The molecule has 2 heterocycles. The third kappa shape index (κ3) is 2.26. The van der Waals surface area contributed by atoms with E-state index in [1.165, 1.54) is 11.1 Å². The van der Waals surface area contributed by atoms with Crippen LogP contribution in [0.4, 0.5) is 0 Å². The molecule has 1 atom stereocenters. The lowest BCUT2D eigenvalue weighted by molar-refractivity contribution is 0.356. The van der Waals surface area contributed by atoms with Crippen LogP contribution in [0, 0.1) is 0 Å². The molecular weight excluding hydrogens is 238 g/mol. The van der Waals surface area contributed by atoms with Gasteiger partial charge in [-0.2, -0.15) is 0 Å². The summed E-state index contributed by atoms with van der Waals surface area (Å²) >= 11 is 0. The second-order valence-electron chi connectivity index (χ2n) is 4.84. The molecule has 3 nitrogen and oxygen atoms in total. The van der Waals surface area contributed by atoms with E-state index in [0.29, 0.717) is 0 Å². The molecule has 0 radical (unpaired) electrons. The van der Waals surface area contributed by atoms with Crippen molar-refractivity contribution in [2.45, 2.75) is 25.8 Å². The zero-order valence-electron chi connectivity index (χ0n) is 11.4. The van der Waals surface area contributed by atoms with Crippen LogP contribution in [0.1, 0.15) is 35.6 Å². The van der Waals surface area contributed by atoms with Crippen molar-refractivity contribution in [3.8, 4) is 5.75 Å². The smallest absolute Gasteiger partial charge is 0.125 e. The molecule has 1 unspecified atom stereocenters. The summed E-state index contributed by atoms with van der Waals surface area (Å²) in [5.74, 6) is 3.02. The van der Waals surface area contributed by atoms with Crippen LogP contribution >= 0.6 is 0 Å². The standard InChI is InChI=1S/C16H19NO2/c1-3-13-5-7-15(19-13)16(17-2)12-4-6-14-11(10-12)8-9-18-14/h4-7,10,16-17H,3,8-9H2,1-2H3. The highest BCUT2D eigenvalue weighted by molar-refractivity contribution is 5.42. The molecule has 0 spiro atoms. The highest BCUT2D eigenvalue weighted by Crippen LogP contribution is 2.31. The maximum absolute atomic E-state index is 5.87. The van der Waals surface area contributed by atoms with Gasteiger partial charge in [-0.25, -0.2) is 0 Å². The number of nitrogens with one attached hydrogen (secondary N) is 1. The first-order valence-electron chi connectivity index (χ1n) is 6.83. The number of hydrogen-bond acceptors (Lipinski definition) is 3. The average molecular weight is 257 g/mol. The lowest BCUT2D eigenvalue weighted by Gasteiger charge is -2.15. The van der Waals surface area contributed by atoms with E-state index < -0.39 is 0 Å². The number of ether oxygens (including phenoxy) is 1. The van der Waals surface area contributed by atoms with E-state index in [1.54, 1.807) is 0 Å². The zero-order chi connectivity index (χ0) is 13.2. The van der Waals surface area contributed by atoms with Crippen LogP contribution < -0.4 is 10.1 Å². The maximum Gasteiger partial charge on any atom is 0.125 e. The number of aryl methyl sites for hydroxylation is 1. The quantitative estimate of drug-likeness (QED) is 0.914. The maximum atomic E-state index is 5.87. The second kappa shape index (κ2) is 5.10. The Hall–Kier alpha value is -1.74. The van der Waals surface area contributed by atoms with Crippen molar-refractivity contribution >= 4 is 0 Å². The third-order valence-electron chi connectivity index (χ3n) is 3.65. The van der Waals surface area contributed by atoms with Crippen molar-refractivity contribution in [3.63, 3.8) is 0 Å². The molecule has 1 aromatic carbocycles. The van der Waals surface area contributed by atoms with E-state index in [1.807, 2.05) is 7.05 Å². The predicted octanol–water partition coefficient (Wildman–Crippen LogP) is 3.09. The summed E-state index contributed by atoms with van der Waals surface area (Å²) in [7, 11) is 1.96. The minimum atomic E-state index is 0.103. The topological polar surface area (TPSA) is 34.4 Å². The number of hydrogen-bond donors (Lipinski definition) is 1. The van der Waals surface area contributed by atoms with Crippen molar-refractivity contribution in [1.29, 1.82) is 0 Å². The van der Waals surface area contributed by atoms with Gasteiger partial charge in [0.1, 0.15) is 17.3 Å². The van der Waals surface area contributed by atoms with Crippen molar-refractivity contribution in [1.82, 2.24) is 5.32 Å². The van der Waals surface area contributed by atoms with E-state index in [0.717, 1.165) is 36.7 Å². The third-order valence-corrected chi connectivity index (χ3v) is 3.65. The van der Waals surface area contributed by atoms with Crippen LogP contribution in [0.25, 0.3) is 0 Å². The van der Waals surface area contributed by atoms with Crippen molar-refractivity contribution < 1.29 is 9.15 Å². The van der Waals surface area contributed by atoms with E-state index in [4.69, 9.17) is 9.15 Å². The van der Waals surface area contributed by atoms with Gasteiger partial charge < -0.3 is 14.5 Å². The van der Waals surface area contributed by atoms with Crippen molar-refractivity contribution in [3.05, 3.63) is 53.0 Å². The van der Waals surface area contributed by atoms with Gasteiger partial charge in [0, 0.05) is 12.8 Å². The molecule has 0 saturated heterocycles. The van der Waals surface area contributed by atoms with Crippen LogP contribution in [0.2, 0.25) is 0 Å². The molecule has 0 aliphatic carbocycles. The highest BCUT2D eigenvalue weighted by Gasteiger charge is 2.19. The first-order valence-corrected chi connectivity index (χ1v) is 6.83. The van der Waals surface area contributed by atoms with Crippen LogP contribution in [0.5, 0.6) is 5.75 Å². The van der Waals surface area contributed by atoms with Gasteiger partial charge in [0.05, 0.1) is 12.6 Å². The zero-order valence-corrected chi connectivity index (χ0v) is 11.4. The van der Waals surface area contributed by atoms with Gasteiger partial charge in [-0.1, -0.05) is 13.0 Å². The van der Waals surface area contributed by atoms with E-state index in [9.17, 15) is 0 Å². The summed E-state index contributed by atoms with van der Waals surface area (Å²) in [6.45, 7) is 2.90. The lowest BCUT2D eigenvalue weighted by Crippen LogP contribution is -2.17. The predicted molar refractivity (Wildman–Crippen MR) is 74.6 cm³/mol. The van der Waals surface area contributed by atoms with Crippen molar-refractivity contribution in [2.75, 3.05) is 13.7 Å². The number of fused-ring (bicyclic) bond motifs is 1. The Morgan fingerprint density at radius 2 is 2.16 bits per heavy atom. The molecule has 3 heteroatoms. The van der Waals surface area contributed by atoms with Crippen LogP contribution in [-0.4, -0.2) is 13.7 Å². The monoisotopic (exact) mass is 257 g/mol. The van der Waals surface area contributed by atoms with Crippen LogP contribution in [0.15, 0.2) is 34.7 Å². The molecular formula is C16H19NO2. The fourth-order valence-electron chi connectivity index (χ4n) is 2.60. The van der Waals surface area contributed by atoms with E-state index in [2.05, 4.69) is 42.6 Å². The van der Waals surface area contributed by atoms with Gasteiger partial charge in [0.25, 0.3) is 0 Å². The largest absolute Gasteiger partial charge is 0.493 e. The van der Waals surface area contributed by atoms with Gasteiger partial charge in [-0.15, -0.1) is 0 Å². The Balaban J connectivity index is 1.93. The Morgan fingerprint density at radius 1 is 1.26 bits per heavy atom. The summed E-state index contributed by atoms with van der Waals surface area (Å²) in [6.07, 6.45) is 1.92. The van der Waals surface area contributed by atoms with Gasteiger partial charge in [-0.3, -0.25) is 0 Å². The Bertz CT molecular complexity index is 574. The summed E-state index contributed by atoms with van der Waals surface area (Å²) in [5.41, 5.74) is 2.52. The number of rotatable bonds is 4. The average Bonchev–Trinajstić information content (AvgIpc) is 3.07. The molecule has 100 valence electrons. The highest BCUT2D eigenvalue weighted by atomic mass is 16.5. The second-order valence-corrected chi connectivity index (χ2v) is 4.84. The molecule has 0 fully saturated rings. The van der Waals surface area contributed by atoms with Gasteiger partial charge in [-0.05, 0) is 42.4 Å². The molecule has 1 aliphatic rings. The Kier molecular flexibility index (Phi) is 3.30. The Morgan fingerprint density at radius 3 is 2.89 bits per heavy atom. The number of furan rings is 1. The minimum absolute atomic E-state index is 0.103. The van der Waals surface area contributed by atoms with Crippen LogP contribution in [0.3, 0.4) is 0 Å².